The van der Waals surface area contributed by atoms with Crippen LogP contribution in [0, 0.1) is 5.92 Å². The summed E-state index contributed by atoms with van der Waals surface area (Å²) in [6.45, 7) is 8.22. The van der Waals surface area contributed by atoms with Crippen LogP contribution in [-0.2, 0) is 25.5 Å². The Bertz CT molecular complexity index is 911. The molecule has 3 rings (SSSR count). The fourth-order valence-corrected chi connectivity index (χ4v) is 3.93. The Morgan fingerprint density at radius 3 is 2.80 bits per heavy atom. The number of amides is 1. The SMILES string of the molecule is COCCc1nc(-c2ccc3c(c2)N(C(C)C(=O)OCC(C)C)C(=O)C(C)O3)cs1. The van der Waals surface area contributed by atoms with Crippen molar-refractivity contribution in [3.63, 3.8) is 0 Å². The molecule has 0 bridgehead atoms. The summed E-state index contributed by atoms with van der Waals surface area (Å²) in [4.78, 5) is 31.6. The molecule has 8 heteroatoms. The van der Waals surface area contributed by atoms with Crippen molar-refractivity contribution < 1.29 is 23.8 Å². The molecule has 1 aromatic heterocycles. The van der Waals surface area contributed by atoms with Crippen LogP contribution in [0.2, 0.25) is 0 Å². The highest BCUT2D eigenvalue weighted by Crippen LogP contribution is 2.39. The van der Waals surface area contributed by atoms with Crippen LogP contribution in [0.5, 0.6) is 5.75 Å². The number of esters is 1. The largest absolute Gasteiger partial charge is 0.479 e. The molecule has 0 saturated carbocycles. The highest BCUT2D eigenvalue weighted by molar-refractivity contribution is 7.09. The van der Waals surface area contributed by atoms with Gasteiger partial charge in [-0.05, 0) is 38.0 Å². The second-order valence-electron chi connectivity index (χ2n) is 7.72. The van der Waals surface area contributed by atoms with Gasteiger partial charge in [0.2, 0.25) is 0 Å². The van der Waals surface area contributed by atoms with Gasteiger partial charge in [0.1, 0.15) is 11.8 Å². The Labute approximate surface area is 181 Å². The molecule has 1 aliphatic rings. The number of nitrogens with zero attached hydrogens (tertiary/aromatic N) is 2. The molecule has 2 unspecified atom stereocenters. The number of ether oxygens (including phenoxy) is 3. The number of hydrogen-bond acceptors (Lipinski definition) is 7. The van der Waals surface area contributed by atoms with E-state index in [4.69, 9.17) is 14.2 Å². The van der Waals surface area contributed by atoms with Crippen molar-refractivity contribution in [2.45, 2.75) is 46.3 Å². The molecule has 2 atom stereocenters. The van der Waals surface area contributed by atoms with Crippen molar-refractivity contribution in [1.29, 1.82) is 0 Å². The number of aromatic nitrogens is 1. The number of fused-ring (bicyclic) bond motifs is 1. The zero-order valence-corrected chi connectivity index (χ0v) is 18.8. The molecule has 162 valence electrons. The topological polar surface area (TPSA) is 78.0 Å². The van der Waals surface area contributed by atoms with E-state index in [1.54, 1.807) is 32.3 Å². The van der Waals surface area contributed by atoms with E-state index < -0.39 is 18.1 Å². The van der Waals surface area contributed by atoms with Crippen LogP contribution in [0.1, 0.15) is 32.7 Å². The zero-order valence-electron chi connectivity index (χ0n) is 18.0. The van der Waals surface area contributed by atoms with Crippen molar-refractivity contribution in [1.82, 2.24) is 4.98 Å². The van der Waals surface area contributed by atoms with Crippen molar-refractivity contribution in [2.75, 3.05) is 25.2 Å². The van der Waals surface area contributed by atoms with E-state index >= 15 is 0 Å². The van der Waals surface area contributed by atoms with E-state index in [-0.39, 0.29) is 11.8 Å². The molecule has 0 fully saturated rings. The highest BCUT2D eigenvalue weighted by Gasteiger charge is 2.38. The molecule has 2 heterocycles. The summed E-state index contributed by atoms with van der Waals surface area (Å²) < 4.78 is 16.3. The maximum absolute atomic E-state index is 12.9. The van der Waals surface area contributed by atoms with E-state index in [9.17, 15) is 9.59 Å². The molecule has 30 heavy (non-hydrogen) atoms. The van der Waals surface area contributed by atoms with Crippen molar-refractivity contribution in [3.8, 4) is 17.0 Å². The molecular weight excluding hydrogens is 404 g/mol. The molecule has 0 spiro atoms. The van der Waals surface area contributed by atoms with Crippen LogP contribution < -0.4 is 9.64 Å². The molecular formula is C22H28N2O5S. The van der Waals surface area contributed by atoms with Crippen molar-refractivity contribution in [3.05, 3.63) is 28.6 Å². The molecule has 0 N–H and O–H groups in total. The number of rotatable bonds is 8. The van der Waals surface area contributed by atoms with E-state index in [0.29, 0.717) is 24.7 Å². The van der Waals surface area contributed by atoms with Gasteiger partial charge in [0.05, 0.1) is 29.6 Å². The minimum absolute atomic E-state index is 0.219. The Hall–Kier alpha value is -2.45. The molecule has 1 aromatic carbocycles. The van der Waals surface area contributed by atoms with E-state index in [1.165, 1.54) is 4.90 Å². The minimum atomic E-state index is -0.760. The summed E-state index contributed by atoms with van der Waals surface area (Å²) in [5, 5.41) is 2.96. The van der Waals surface area contributed by atoms with Gasteiger partial charge in [-0.25, -0.2) is 9.78 Å². The number of thiazole rings is 1. The summed E-state index contributed by atoms with van der Waals surface area (Å²) >= 11 is 1.57. The van der Waals surface area contributed by atoms with Crippen molar-refractivity contribution >= 4 is 28.9 Å². The lowest BCUT2D eigenvalue weighted by Crippen LogP contribution is -2.52. The Morgan fingerprint density at radius 1 is 1.33 bits per heavy atom. The predicted octanol–water partition coefficient (Wildman–Crippen LogP) is 3.70. The van der Waals surface area contributed by atoms with Gasteiger partial charge in [-0.15, -0.1) is 11.3 Å². The first kappa shape index (κ1) is 22.2. The Balaban J connectivity index is 1.91. The second-order valence-corrected chi connectivity index (χ2v) is 8.66. The van der Waals surface area contributed by atoms with Crippen LogP contribution in [0.25, 0.3) is 11.3 Å². The van der Waals surface area contributed by atoms with E-state index in [2.05, 4.69) is 4.98 Å². The van der Waals surface area contributed by atoms with Gasteiger partial charge in [-0.1, -0.05) is 13.8 Å². The van der Waals surface area contributed by atoms with Crippen LogP contribution in [0.15, 0.2) is 23.6 Å². The van der Waals surface area contributed by atoms with Crippen molar-refractivity contribution in [2.24, 2.45) is 5.92 Å². The summed E-state index contributed by atoms with van der Waals surface area (Å²) in [6.07, 6.45) is 0.0689. The summed E-state index contributed by atoms with van der Waals surface area (Å²) in [7, 11) is 1.66. The molecule has 2 aromatic rings. The minimum Gasteiger partial charge on any atom is -0.479 e. The smallest absolute Gasteiger partial charge is 0.328 e. The first-order chi connectivity index (χ1) is 14.3. The zero-order chi connectivity index (χ0) is 21.8. The Morgan fingerprint density at radius 2 is 2.10 bits per heavy atom. The summed E-state index contributed by atoms with van der Waals surface area (Å²) in [5.41, 5.74) is 2.22. The number of carbonyl (C=O) groups is 2. The second kappa shape index (κ2) is 9.57. The fraction of sp³-hybridized carbons (Fsp3) is 0.500. The average Bonchev–Trinajstić information content (AvgIpc) is 3.19. The average molecular weight is 433 g/mol. The van der Waals surface area contributed by atoms with Gasteiger partial charge in [0.25, 0.3) is 5.91 Å². The lowest BCUT2D eigenvalue weighted by Gasteiger charge is -2.36. The van der Waals surface area contributed by atoms with E-state index in [0.717, 1.165) is 22.7 Å². The standard InChI is InChI=1S/C22H28N2O5S/c1-13(2)11-28-22(26)14(3)24-18-10-16(6-7-19(18)29-15(4)21(24)25)17-12-30-20(23-17)8-9-27-5/h6-7,10,12-15H,8-9,11H2,1-5H3. The number of benzene rings is 1. The molecule has 0 aliphatic carbocycles. The van der Waals surface area contributed by atoms with Crippen LogP contribution in [0.4, 0.5) is 5.69 Å². The molecule has 1 aliphatic heterocycles. The van der Waals surface area contributed by atoms with Crippen LogP contribution in [-0.4, -0.2) is 49.3 Å². The lowest BCUT2D eigenvalue weighted by molar-refractivity contribution is -0.147. The number of carbonyl (C=O) groups excluding carboxylic acids is 2. The van der Waals surface area contributed by atoms with Crippen LogP contribution >= 0.6 is 11.3 Å². The van der Waals surface area contributed by atoms with Gasteiger partial charge in [0.15, 0.2) is 6.10 Å². The first-order valence-electron chi connectivity index (χ1n) is 10.1. The number of methoxy groups -OCH3 is 1. The van der Waals surface area contributed by atoms with Gasteiger partial charge in [-0.2, -0.15) is 0 Å². The quantitative estimate of drug-likeness (QED) is 0.592. The lowest BCUT2D eigenvalue weighted by atomic mass is 10.1. The normalized spacial score (nSPS) is 16.9. The summed E-state index contributed by atoms with van der Waals surface area (Å²) in [5.74, 6) is 0.0752. The van der Waals surface area contributed by atoms with Gasteiger partial charge in [0, 0.05) is 24.5 Å². The maximum atomic E-state index is 12.9. The van der Waals surface area contributed by atoms with Gasteiger partial charge < -0.3 is 14.2 Å². The first-order valence-corrected chi connectivity index (χ1v) is 10.9. The predicted molar refractivity (Wildman–Crippen MR) is 116 cm³/mol. The maximum Gasteiger partial charge on any atom is 0.328 e. The van der Waals surface area contributed by atoms with Gasteiger partial charge in [-0.3, -0.25) is 9.69 Å². The van der Waals surface area contributed by atoms with Gasteiger partial charge >= 0.3 is 5.97 Å². The molecule has 7 nitrogen and oxygen atoms in total. The monoisotopic (exact) mass is 432 g/mol. The third-order valence-electron chi connectivity index (χ3n) is 4.76. The molecule has 1 amide bonds. The highest BCUT2D eigenvalue weighted by atomic mass is 32.1. The molecule has 0 radical (unpaired) electrons. The fourth-order valence-electron chi connectivity index (χ4n) is 3.14. The number of anilines is 1. The van der Waals surface area contributed by atoms with Crippen LogP contribution in [0.3, 0.4) is 0 Å². The number of hydrogen-bond donors (Lipinski definition) is 0. The van der Waals surface area contributed by atoms with E-state index in [1.807, 2.05) is 37.4 Å². The molecule has 0 saturated heterocycles. The third-order valence-corrected chi connectivity index (χ3v) is 5.67. The Kier molecular flexibility index (Phi) is 7.10. The summed E-state index contributed by atoms with van der Waals surface area (Å²) in [6, 6.07) is 4.82. The third kappa shape index (κ3) is 4.82.